The molecule has 2 aromatic heterocycles. The Morgan fingerprint density at radius 3 is 2.68 bits per heavy atom. The van der Waals surface area contributed by atoms with Gasteiger partial charge in [-0.2, -0.15) is 0 Å². The molecule has 0 saturated carbocycles. The summed E-state index contributed by atoms with van der Waals surface area (Å²) >= 11 is 1.45. The van der Waals surface area contributed by atoms with Gasteiger partial charge in [0.2, 0.25) is 5.88 Å². The van der Waals surface area contributed by atoms with Crippen LogP contribution < -0.4 is 10.1 Å². The predicted octanol–water partition coefficient (Wildman–Crippen LogP) is 6.79. The van der Waals surface area contributed by atoms with Gasteiger partial charge in [0.25, 0.3) is 0 Å². The van der Waals surface area contributed by atoms with Crippen LogP contribution in [0, 0.1) is 5.82 Å². The maximum absolute atomic E-state index is 14.9. The highest BCUT2D eigenvalue weighted by Gasteiger charge is 2.25. The van der Waals surface area contributed by atoms with Gasteiger partial charge in [-0.05, 0) is 57.0 Å². The number of ether oxygens (including phenoxy) is 2. The molecule has 0 bridgehead atoms. The van der Waals surface area contributed by atoms with Gasteiger partial charge in [0.1, 0.15) is 22.9 Å². The van der Waals surface area contributed by atoms with Crippen LogP contribution in [0.4, 0.5) is 20.0 Å². The molecule has 0 radical (unpaired) electrons. The van der Waals surface area contributed by atoms with E-state index in [9.17, 15) is 9.18 Å². The molecule has 37 heavy (non-hydrogen) atoms. The van der Waals surface area contributed by atoms with Gasteiger partial charge in [0.15, 0.2) is 5.13 Å². The second-order valence-corrected chi connectivity index (χ2v) is 10.5. The Morgan fingerprint density at radius 1 is 1.14 bits per heavy atom. The Balaban J connectivity index is 1.29. The van der Waals surface area contributed by atoms with Crippen molar-refractivity contribution < 1.29 is 18.7 Å². The van der Waals surface area contributed by atoms with Crippen LogP contribution in [-0.4, -0.2) is 44.6 Å². The quantitative estimate of drug-likeness (QED) is 0.311. The molecular formula is C27H26FN5O3S. The number of hydrogen-bond acceptors (Lipinski definition) is 8. The third kappa shape index (κ3) is 5.86. The molecule has 8 nitrogen and oxygen atoms in total. The average molecular weight is 520 g/mol. The monoisotopic (exact) mass is 519 g/mol. The van der Waals surface area contributed by atoms with E-state index in [1.807, 2.05) is 51.1 Å². The summed E-state index contributed by atoms with van der Waals surface area (Å²) in [6, 6.07) is 12.3. The molecular weight excluding hydrogens is 493 g/mol. The lowest BCUT2D eigenvalue weighted by Crippen LogP contribution is -2.39. The number of amides is 1. The van der Waals surface area contributed by atoms with Crippen molar-refractivity contribution in [2.75, 3.05) is 18.4 Å². The highest BCUT2D eigenvalue weighted by atomic mass is 32.1. The average Bonchev–Trinajstić information content (AvgIpc) is 3.28. The lowest BCUT2D eigenvalue weighted by atomic mass is 10.1. The molecule has 5 rings (SSSR count). The molecule has 4 aromatic rings. The van der Waals surface area contributed by atoms with E-state index in [2.05, 4.69) is 20.3 Å². The van der Waals surface area contributed by atoms with Crippen LogP contribution in [0.2, 0.25) is 0 Å². The molecule has 0 spiro atoms. The van der Waals surface area contributed by atoms with Gasteiger partial charge in [-0.1, -0.05) is 29.5 Å². The number of aromatic nitrogens is 3. The number of carbonyl (C=O) groups excluding carboxylic acids is 1. The summed E-state index contributed by atoms with van der Waals surface area (Å²) < 4.78 is 27.3. The van der Waals surface area contributed by atoms with Crippen molar-refractivity contribution in [2.45, 2.75) is 32.8 Å². The fourth-order valence-corrected chi connectivity index (χ4v) is 4.69. The normalized spacial score (nSPS) is 13.8. The van der Waals surface area contributed by atoms with E-state index < -0.39 is 11.4 Å². The molecule has 0 aliphatic carbocycles. The zero-order valence-electron chi connectivity index (χ0n) is 20.7. The molecule has 3 heterocycles. The molecule has 1 N–H and O–H groups in total. The second-order valence-electron chi connectivity index (χ2n) is 9.47. The van der Waals surface area contributed by atoms with Crippen LogP contribution in [0.1, 0.15) is 32.9 Å². The number of benzene rings is 2. The molecule has 190 valence electrons. The molecule has 2 aromatic carbocycles. The molecule has 0 atom stereocenters. The summed E-state index contributed by atoms with van der Waals surface area (Å²) in [4.78, 5) is 27.2. The standard InChI is InChI=1S/C27H26FN5O3S/c1-27(2,3)36-26(34)33-14-10-17(11-15-33)23-24(30-13-12-29-23)35-18-8-9-20(19(28)16-18)31-25-32-21-6-4-5-7-22(21)37-25/h4-10,12-13,16H,11,14-15H2,1-3H3,(H,31,32). The van der Waals surface area contributed by atoms with Crippen LogP contribution in [0.3, 0.4) is 0 Å². The minimum atomic E-state index is -0.554. The van der Waals surface area contributed by atoms with E-state index in [0.717, 1.165) is 15.8 Å². The summed E-state index contributed by atoms with van der Waals surface area (Å²) in [6.45, 7) is 6.39. The minimum Gasteiger partial charge on any atom is -0.444 e. The molecule has 1 aliphatic rings. The van der Waals surface area contributed by atoms with Gasteiger partial charge >= 0.3 is 6.09 Å². The first-order valence-corrected chi connectivity index (χ1v) is 12.7. The number of thiazole rings is 1. The Labute approximate surface area is 217 Å². The number of hydrogen-bond donors (Lipinski definition) is 1. The van der Waals surface area contributed by atoms with Crippen molar-refractivity contribution in [3.8, 4) is 11.6 Å². The van der Waals surface area contributed by atoms with Crippen LogP contribution in [0.15, 0.2) is 60.9 Å². The van der Waals surface area contributed by atoms with Crippen molar-refractivity contribution in [2.24, 2.45) is 0 Å². The zero-order chi connectivity index (χ0) is 26.0. The number of nitrogens with one attached hydrogen (secondary N) is 1. The van der Waals surface area contributed by atoms with E-state index in [0.29, 0.717) is 41.8 Å². The third-order valence-electron chi connectivity index (χ3n) is 5.52. The molecule has 1 amide bonds. The summed E-state index contributed by atoms with van der Waals surface area (Å²) in [5.74, 6) is 0.0822. The van der Waals surface area contributed by atoms with Crippen molar-refractivity contribution >= 4 is 44.0 Å². The van der Waals surface area contributed by atoms with E-state index in [4.69, 9.17) is 9.47 Å². The van der Waals surface area contributed by atoms with Gasteiger partial charge in [-0.15, -0.1) is 0 Å². The third-order valence-corrected chi connectivity index (χ3v) is 6.47. The smallest absolute Gasteiger partial charge is 0.410 e. The Kier molecular flexibility index (Phi) is 6.75. The summed E-state index contributed by atoms with van der Waals surface area (Å²) in [6.07, 6.45) is 5.22. The predicted molar refractivity (Wildman–Crippen MR) is 142 cm³/mol. The van der Waals surface area contributed by atoms with Crippen molar-refractivity contribution in [3.05, 3.63) is 72.4 Å². The van der Waals surface area contributed by atoms with Gasteiger partial charge in [-0.3, -0.25) is 0 Å². The van der Waals surface area contributed by atoms with E-state index >= 15 is 0 Å². The molecule has 0 unspecified atom stereocenters. The topological polar surface area (TPSA) is 89.5 Å². The lowest BCUT2D eigenvalue weighted by molar-refractivity contribution is 0.0270. The van der Waals surface area contributed by atoms with Crippen molar-refractivity contribution in [1.82, 2.24) is 19.9 Å². The first-order valence-electron chi connectivity index (χ1n) is 11.8. The van der Waals surface area contributed by atoms with Crippen LogP contribution >= 0.6 is 11.3 Å². The van der Waals surface area contributed by atoms with Gasteiger partial charge in [0.05, 0.1) is 15.9 Å². The van der Waals surface area contributed by atoms with Gasteiger partial charge < -0.3 is 19.7 Å². The first-order chi connectivity index (χ1) is 17.7. The highest BCUT2D eigenvalue weighted by Crippen LogP contribution is 2.33. The first kappa shape index (κ1) is 24.6. The zero-order valence-corrected chi connectivity index (χ0v) is 21.5. The SMILES string of the molecule is CC(C)(C)OC(=O)N1CC=C(c2nccnc2Oc2ccc(Nc3nc4ccccc4s3)c(F)c2)CC1. The maximum atomic E-state index is 14.9. The summed E-state index contributed by atoms with van der Waals surface area (Å²) in [5, 5.41) is 3.65. The molecule has 1 aliphatic heterocycles. The Hall–Kier alpha value is -4.05. The number of fused-ring (bicyclic) bond motifs is 1. The number of nitrogens with zero attached hydrogens (tertiary/aromatic N) is 4. The summed E-state index contributed by atoms with van der Waals surface area (Å²) in [5.41, 5.74) is 2.06. The Morgan fingerprint density at radius 2 is 1.95 bits per heavy atom. The fraction of sp³-hybridized carbons (Fsp3) is 0.259. The summed E-state index contributed by atoms with van der Waals surface area (Å²) in [7, 11) is 0. The molecule has 0 fully saturated rings. The highest BCUT2D eigenvalue weighted by molar-refractivity contribution is 7.22. The fourth-order valence-electron chi connectivity index (χ4n) is 3.81. The number of carbonyl (C=O) groups is 1. The second kappa shape index (κ2) is 10.1. The van der Waals surface area contributed by atoms with Crippen LogP contribution in [-0.2, 0) is 4.74 Å². The van der Waals surface area contributed by atoms with E-state index in [-0.39, 0.29) is 12.0 Å². The van der Waals surface area contributed by atoms with E-state index in [1.165, 1.54) is 23.6 Å². The van der Waals surface area contributed by atoms with Crippen molar-refractivity contribution in [3.63, 3.8) is 0 Å². The number of rotatable bonds is 5. The van der Waals surface area contributed by atoms with Crippen LogP contribution in [0.25, 0.3) is 15.8 Å². The largest absolute Gasteiger partial charge is 0.444 e. The van der Waals surface area contributed by atoms with Crippen LogP contribution in [0.5, 0.6) is 11.6 Å². The van der Waals surface area contributed by atoms with E-state index in [1.54, 1.807) is 23.2 Å². The molecule has 0 saturated heterocycles. The Bertz CT molecular complexity index is 1450. The molecule has 10 heteroatoms. The number of anilines is 2. The van der Waals surface area contributed by atoms with Gasteiger partial charge in [0, 0.05) is 31.5 Å². The minimum absolute atomic E-state index is 0.269. The van der Waals surface area contributed by atoms with Crippen molar-refractivity contribution in [1.29, 1.82) is 0 Å². The van der Waals surface area contributed by atoms with Gasteiger partial charge in [-0.25, -0.2) is 24.1 Å². The number of para-hydroxylation sites is 1. The lowest BCUT2D eigenvalue weighted by Gasteiger charge is -2.29. The maximum Gasteiger partial charge on any atom is 0.410 e. The number of halogens is 1.